The molecule has 8 unspecified atom stereocenters. The van der Waals surface area contributed by atoms with Crippen LogP contribution in [0, 0.1) is 37.9 Å². The summed E-state index contributed by atoms with van der Waals surface area (Å²) in [5.41, 5.74) is 13.2. The first-order chi connectivity index (χ1) is 20.4. The maximum Gasteiger partial charge on any atom is 0.223 e. The minimum absolute atomic E-state index is 0.00823. The summed E-state index contributed by atoms with van der Waals surface area (Å²) in [7, 11) is 0. The Morgan fingerprint density at radius 1 is 0.889 bits per heavy atom. The van der Waals surface area contributed by atoms with E-state index in [1.54, 1.807) is 0 Å². The van der Waals surface area contributed by atoms with E-state index in [1.807, 2.05) is 6.20 Å². The third-order valence-electron chi connectivity index (χ3n) is 16.0. The number of likely N-dealkylation sites (tertiary alicyclic amines) is 1. The molecule has 3 heterocycles. The molecule has 6 rings (SSSR count). The van der Waals surface area contributed by atoms with Crippen LogP contribution in [-0.2, 0) is 15.1 Å². The number of aromatic nitrogens is 2. The van der Waals surface area contributed by atoms with Crippen molar-refractivity contribution in [2.24, 2.45) is 49.4 Å². The normalized spacial score (nSPS) is 43.2. The summed E-state index contributed by atoms with van der Waals surface area (Å²) < 4.78 is 8.72. The molecule has 5 fully saturated rings. The van der Waals surface area contributed by atoms with Gasteiger partial charge in [0.15, 0.2) is 0 Å². The Hall–Kier alpha value is -1.44. The van der Waals surface area contributed by atoms with Gasteiger partial charge in [-0.1, -0.05) is 75.7 Å². The molecule has 7 nitrogen and oxygen atoms in total. The molecule has 1 aromatic rings. The molecule has 8 atom stereocenters. The van der Waals surface area contributed by atoms with Gasteiger partial charge in [-0.25, -0.2) is 4.98 Å². The first kappa shape index (κ1) is 33.5. The maximum atomic E-state index is 13.3. The Kier molecular flexibility index (Phi) is 6.97. The van der Waals surface area contributed by atoms with E-state index < -0.39 is 0 Å². The standard InChI is InChI=1S/C38H65N5O2/c1-13-29(2,3)34(11)23-37(34,42-18-16-41-25-42)20-31(6,7)33(10)22-36(33,27-28(39)45-27)19-30(4,5)35(12)24-38(35,21-32(8,9)40)43-17-14-15-26(43)44/h16,18,25,27-28H,13-15,17,19-24,39-40H2,1-12H3. The van der Waals surface area contributed by atoms with E-state index in [2.05, 4.69) is 110 Å². The third-order valence-corrected chi connectivity index (χ3v) is 16.0. The van der Waals surface area contributed by atoms with Crippen LogP contribution >= 0.6 is 0 Å². The summed E-state index contributed by atoms with van der Waals surface area (Å²) in [5, 5.41) is 0. The lowest BCUT2D eigenvalue weighted by molar-refractivity contribution is -0.132. The van der Waals surface area contributed by atoms with E-state index >= 15 is 0 Å². The average Bonchev–Trinajstić information content (AvgIpc) is 3.84. The SMILES string of the molecule is CCC(C)(C)C1(C)CC1(CC(C)(C)C1(C)CC1(CC(C)(C)C1(C)CC1(CC(C)(C)N)N1CCCC1=O)C1OC1N)n1ccnc1. The molecule has 4 N–H and O–H groups in total. The van der Waals surface area contributed by atoms with Gasteiger partial charge >= 0.3 is 0 Å². The van der Waals surface area contributed by atoms with Gasteiger partial charge in [0.1, 0.15) is 12.3 Å². The van der Waals surface area contributed by atoms with E-state index in [9.17, 15) is 4.79 Å². The van der Waals surface area contributed by atoms with Crippen LogP contribution in [-0.4, -0.2) is 50.3 Å². The fourth-order valence-electron chi connectivity index (χ4n) is 11.8. The molecule has 1 amide bonds. The number of nitrogens with two attached hydrogens (primary N) is 2. The molecule has 3 aliphatic carbocycles. The molecule has 2 saturated heterocycles. The van der Waals surface area contributed by atoms with Crippen LogP contribution in [0.5, 0.6) is 0 Å². The van der Waals surface area contributed by atoms with Crippen LogP contribution in [0.15, 0.2) is 18.7 Å². The topological polar surface area (TPSA) is 103 Å². The Labute approximate surface area is 274 Å². The van der Waals surface area contributed by atoms with Crippen LogP contribution in [0.1, 0.15) is 141 Å². The van der Waals surface area contributed by atoms with Gasteiger partial charge in [0.05, 0.1) is 17.4 Å². The maximum absolute atomic E-state index is 13.3. The molecular weight excluding hydrogens is 558 g/mol. The monoisotopic (exact) mass is 624 g/mol. The minimum Gasteiger partial charge on any atom is -0.353 e. The van der Waals surface area contributed by atoms with Gasteiger partial charge in [-0.2, -0.15) is 0 Å². The predicted octanol–water partition coefficient (Wildman–Crippen LogP) is 7.24. The quantitative estimate of drug-likeness (QED) is 0.226. The Bertz CT molecular complexity index is 1350. The summed E-state index contributed by atoms with van der Waals surface area (Å²) in [4.78, 5) is 20.1. The van der Waals surface area contributed by atoms with Crippen molar-refractivity contribution in [3.8, 4) is 0 Å². The zero-order valence-corrected chi connectivity index (χ0v) is 30.8. The summed E-state index contributed by atoms with van der Waals surface area (Å²) in [5.74, 6) is 0.311. The van der Waals surface area contributed by atoms with E-state index in [-0.39, 0.29) is 66.9 Å². The minimum atomic E-state index is -0.350. The van der Waals surface area contributed by atoms with Crippen LogP contribution in [0.3, 0.4) is 0 Å². The van der Waals surface area contributed by atoms with Crippen molar-refractivity contribution in [3.05, 3.63) is 18.7 Å². The zero-order chi connectivity index (χ0) is 33.5. The second kappa shape index (κ2) is 9.37. The second-order valence-corrected chi connectivity index (χ2v) is 19.9. The Balaban J connectivity index is 1.33. The fourth-order valence-corrected chi connectivity index (χ4v) is 11.8. The van der Waals surface area contributed by atoms with Crippen molar-refractivity contribution in [1.82, 2.24) is 14.5 Å². The number of carbonyl (C=O) groups excluding carboxylic acids is 1. The van der Waals surface area contributed by atoms with Gasteiger partial charge in [0.2, 0.25) is 5.91 Å². The summed E-state index contributed by atoms with van der Waals surface area (Å²) >= 11 is 0. The summed E-state index contributed by atoms with van der Waals surface area (Å²) in [6.07, 6.45) is 15.2. The average molecular weight is 624 g/mol. The smallest absolute Gasteiger partial charge is 0.223 e. The first-order valence-corrected chi connectivity index (χ1v) is 17.9. The van der Waals surface area contributed by atoms with Gasteiger partial charge in [-0.15, -0.1) is 0 Å². The highest BCUT2D eigenvalue weighted by Gasteiger charge is 2.83. The molecule has 1 aromatic heterocycles. The number of rotatable bonds is 13. The van der Waals surface area contributed by atoms with Crippen LogP contribution in [0.4, 0.5) is 0 Å². The lowest BCUT2D eigenvalue weighted by atomic mass is 9.60. The Morgan fingerprint density at radius 2 is 1.47 bits per heavy atom. The van der Waals surface area contributed by atoms with Crippen molar-refractivity contribution in [1.29, 1.82) is 0 Å². The highest BCUT2D eigenvalue weighted by Crippen LogP contribution is 2.85. The van der Waals surface area contributed by atoms with Gasteiger partial charge in [0.25, 0.3) is 0 Å². The molecule has 0 aromatic carbocycles. The number of nitrogens with zero attached hydrogens (tertiary/aromatic N) is 3. The number of carbonyl (C=O) groups is 1. The molecule has 45 heavy (non-hydrogen) atoms. The number of epoxide rings is 1. The van der Waals surface area contributed by atoms with Gasteiger partial charge < -0.3 is 25.7 Å². The molecular formula is C38H65N5O2. The van der Waals surface area contributed by atoms with E-state index in [1.165, 1.54) is 6.42 Å². The van der Waals surface area contributed by atoms with Gasteiger partial charge in [-0.05, 0) is 91.3 Å². The van der Waals surface area contributed by atoms with Crippen molar-refractivity contribution in [3.63, 3.8) is 0 Å². The highest BCUT2D eigenvalue weighted by molar-refractivity contribution is 5.80. The van der Waals surface area contributed by atoms with Crippen molar-refractivity contribution < 1.29 is 9.53 Å². The lowest BCUT2D eigenvalue weighted by Gasteiger charge is -2.47. The molecule has 3 saturated carbocycles. The number of hydrogen-bond donors (Lipinski definition) is 2. The summed E-state index contributed by atoms with van der Waals surface area (Å²) in [6.45, 7) is 29.9. The zero-order valence-electron chi connectivity index (χ0n) is 30.8. The molecule has 0 radical (unpaired) electrons. The third kappa shape index (κ3) is 4.37. The number of amides is 1. The predicted molar refractivity (Wildman–Crippen MR) is 181 cm³/mol. The van der Waals surface area contributed by atoms with Crippen LogP contribution in [0.25, 0.3) is 0 Å². The van der Waals surface area contributed by atoms with Crippen molar-refractivity contribution >= 4 is 5.91 Å². The van der Waals surface area contributed by atoms with E-state index in [0.29, 0.717) is 12.3 Å². The molecule has 7 heteroatoms. The molecule has 254 valence electrons. The second-order valence-electron chi connectivity index (χ2n) is 19.9. The van der Waals surface area contributed by atoms with Crippen molar-refractivity contribution in [2.45, 2.75) is 170 Å². The molecule has 0 bridgehead atoms. The molecule has 0 spiro atoms. The highest BCUT2D eigenvalue weighted by atomic mass is 16.6. The van der Waals surface area contributed by atoms with Gasteiger partial charge in [0, 0.05) is 36.3 Å². The first-order valence-electron chi connectivity index (χ1n) is 17.9. The Morgan fingerprint density at radius 3 is 1.96 bits per heavy atom. The fraction of sp³-hybridized carbons (Fsp3) is 0.895. The number of ether oxygens (including phenoxy) is 1. The van der Waals surface area contributed by atoms with E-state index in [4.69, 9.17) is 16.2 Å². The van der Waals surface area contributed by atoms with Crippen LogP contribution in [0.2, 0.25) is 0 Å². The number of imidazole rings is 1. The van der Waals surface area contributed by atoms with Gasteiger partial charge in [-0.3, -0.25) is 4.79 Å². The van der Waals surface area contributed by atoms with Crippen LogP contribution < -0.4 is 11.5 Å². The van der Waals surface area contributed by atoms with Crippen molar-refractivity contribution in [2.75, 3.05) is 6.54 Å². The largest absolute Gasteiger partial charge is 0.353 e. The summed E-state index contributed by atoms with van der Waals surface area (Å²) in [6, 6.07) is 0. The molecule has 5 aliphatic rings. The molecule has 2 aliphatic heterocycles. The number of hydrogen-bond acceptors (Lipinski definition) is 5. The van der Waals surface area contributed by atoms with E-state index in [0.717, 1.165) is 51.5 Å². The lowest BCUT2D eigenvalue weighted by Crippen LogP contribution is -2.52.